The Bertz CT molecular complexity index is 668. The molecule has 2 heterocycles. The molecule has 1 atom stereocenters. The number of aromatic nitrogens is 1. The third-order valence-corrected chi connectivity index (χ3v) is 4.49. The lowest BCUT2D eigenvalue weighted by Crippen LogP contribution is -2.25. The standard InChI is InChI=1S/C16H16BrClN2O2/c17-12-4-3-11(10-21)15(8-12)20-7-5-13(9-20)22-16-14(18)2-1-6-19-16/h1-4,6,8,13,21H,5,7,9-10H2. The van der Waals surface area contributed by atoms with Crippen molar-refractivity contribution < 1.29 is 9.84 Å². The zero-order chi connectivity index (χ0) is 15.5. The van der Waals surface area contributed by atoms with Crippen molar-refractivity contribution in [3.63, 3.8) is 0 Å². The number of hydrogen-bond donors (Lipinski definition) is 1. The average molecular weight is 384 g/mol. The maximum absolute atomic E-state index is 9.51. The molecule has 1 aliphatic heterocycles. The Labute approximate surface area is 142 Å². The molecule has 1 fully saturated rings. The molecule has 1 aromatic carbocycles. The van der Waals surface area contributed by atoms with Crippen LogP contribution in [0.3, 0.4) is 0 Å². The second kappa shape index (κ2) is 6.86. The first-order chi connectivity index (χ1) is 10.7. The summed E-state index contributed by atoms with van der Waals surface area (Å²) in [5, 5.41) is 10.0. The first kappa shape index (κ1) is 15.6. The van der Waals surface area contributed by atoms with Crippen molar-refractivity contribution in [1.29, 1.82) is 0 Å². The first-order valence-corrected chi connectivity index (χ1v) is 8.26. The summed E-state index contributed by atoms with van der Waals surface area (Å²) < 4.78 is 6.90. The Morgan fingerprint density at radius 1 is 1.41 bits per heavy atom. The van der Waals surface area contributed by atoms with Crippen LogP contribution in [0.2, 0.25) is 5.02 Å². The number of halogens is 2. The van der Waals surface area contributed by atoms with E-state index in [1.165, 1.54) is 0 Å². The van der Waals surface area contributed by atoms with Crippen LogP contribution in [0.5, 0.6) is 5.88 Å². The number of aliphatic hydroxyl groups is 1. The fraction of sp³-hybridized carbons (Fsp3) is 0.312. The topological polar surface area (TPSA) is 45.6 Å². The van der Waals surface area contributed by atoms with Gasteiger partial charge in [0.25, 0.3) is 0 Å². The van der Waals surface area contributed by atoms with Crippen LogP contribution in [0.15, 0.2) is 41.0 Å². The van der Waals surface area contributed by atoms with Gasteiger partial charge in [-0.2, -0.15) is 0 Å². The highest BCUT2D eigenvalue weighted by atomic mass is 79.9. The Balaban J connectivity index is 1.73. The van der Waals surface area contributed by atoms with E-state index < -0.39 is 0 Å². The number of pyridine rings is 1. The molecule has 2 aromatic rings. The molecule has 0 amide bonds. The largest absolute Gasteiger partial charge is 0.471 e. The van der Waals surface area contributed by atoms with Gasteiger partial charge in [-0.05, 0) is 24.3 Å². The van der Waals surface area contributed by atoms with E-state index in [1.807, 2.05) is 18.2 Å². The van der Waals surface area contributed by atoms with Gasteiger partial charge in [0.2, 0.25) is 5.88 Å². The fourth-order valence-corrected chi connectivity index (χ4v) is 3.14. The number of ether oxygens (including phenoxy) is 1. The van der Waals surface area contributed by atoms with Crippen molar-refractivity contribution in [3.8, 4) is 5.88 Å². The van der Waals surface area contributed by atoms with Crippen molar-refractivity contribution in [2.45, 2.75) is 19.1 Å². The molecular weight excluding hydrogens is 368 g/mol. The molecule has 0 bridgehead atoms. The Morgan fingerprint density at radius 3 is 3.05 bits per heavy atom. The van der Waals surface area contributed by atoms with Gasteiger partial charge >= 0.3 is 0 Å². The number of aliphatic hydroxyl groups excluding tert-OH is 1. The molecule has 4 nitrogen and oxygen atoms in total. The van der Waals surface area contributed by atoms with Gasteiger partial charge in [-0.25, -0.2) is 4.98 Å². The lowest BCUT2D eigenvalue weighted by Gasteiger charge is -2.22. The summed E-state index contributed by atoms with van der Waals surface area (Å²) in [4.78, 5) is 6.39. The summed E-state index contributed by atoms with van der Waals surface area (Å²) in [6.45, 7) is 1.64. The van der Waals surface area contributed by atoms with Gasteiger partial charge in [-0.3, -0.25) is 0 Å². The number of anilines is 1. The van der Waals surface area contributed by atoms with Crippen molar-refractivity contribution in [3.05, 3.63) is 51.6 Å². The van der Waals surface area contributed by atoms with E-state index in [4.69, 9.17) is 16.3 Å². The number of rotatable bonds is 4. The van der Waals surface area contributed by atoms with Gasteiger partial charge in [0.05, 0.1) is 13.2 Å². The average Bonchev–Trinajstić information content (AvgIpc) is 2.98. The van der Waals surface area contributed by atoms with E-state index in [2.05, 4.69) is 25.8 Å². The van der Waals surface area contributed by atoms with Gasteiger partial charge in [-0.1, -0.05) is 33.6 Å². The maximum Gasteiger partial charge on any atom is 0.232 e. The minimum Gasteiger partial charge on any atom is -0.471 e. The van der Waals surface area contributed by atoms with Crippen molar-refractivity contribution in [1.82, 2.24) is 4.98 Å². The van der Waals surface area contributed by atoms with Crippen LogP contribution in [0.1, 0.15) is 12.0 Å². The van der Waals surface area contributed by atoms with Gasteiger partial charge in [0.15, 0.2) is 0 Å². The molecule has 0 saturated carbocycles. The Hall–Kier alpha value is -1.30. The van der Waals surface area contributed by atoms with E-state index in [-0.39, 0.29) is 12.7 Å². The number of hydrogen-bond acceptors (Lipinski definition) is 4. The first-order valence-electron chi connectivity index (χ1n) is 7.09. The highest BCUT2D eigenvalue weighted by Crippen LogP contribution is 2.30. The quantitative estimate of drug-likeness (QED) is 0.875. The molecule has 0 spiro atoms. The van der Waals surface area contributed by atoms with Crippen LogP contribution >= 0.6 is 27.5 Å². The molecule has 1 aromatic heterocycles. The lowest BCUT2D eigenvalue weighted by atomic mass is 10.2. The van der Waals surface area contributed by atoms with E-state index in [0.717, 1.165) is 35.2 Å². The molecule has 116 valence electrons. The Morgan fingerprint density at radius 2 is 2.27 bits per heavy atom. The highest BCUT2D eigenvalue weighted by molar-refractivity contribution is 9.10. The molecule has 1 N–H and O–H groups in total. The molecule has 0 radical (unpaired) electrons. The minimum absolute atomic E-state index is 0.0245. The summed E-state index contributed by atoms with van der Waals surface area (Å²) in [5.41, 5.74) is 1.95. The second-order valence-corrected chi connectivity index (χ2v) is 6.52. The molecule has 22 heavy (non-hydrogen) atoms. The van der Waals surface area contributed by atoms with Crippen molar-refractivity contribution >= 4 is 33.2 Å². The maximum atomic E-state index is 9.51. The third-order valence-electron chi connectivity index (χ3n) is 3.71. The van der Waals surface area contributed by atoms with Gasteiger partial charge < -0.3 is 14.7 Å². The summed E-state index contributed by atoms with van der Waals surface area (Å²) >= 11 is 9.57. The molecule has 3 rings (SSSR count). The zero-order valence-electron chi connectivity index (χ0n) is 11.9. The Kier molecular flexibility index (Phi) is 4.86. The second-order valence-electron chi connectivity index (χ2n) is 5.20. The van der Waals surface area contributed by atoms with Gasteiger partial charge in [0, 0.05) is 34.9 Å². The lowest BCUT2D eigenvalue weighted by molar-refractivity contribution is 0.216. The van der Waals surface area contributed by atoms with Gasteiger partial charge in [0.1, 0.15) is 11.1 Å². The van der Waals surface area contributed by atoms with Crippen LogP contribution in [0, 0.1) is 0 Å². The minimum atomic E-state index is 0.0245. The molecule has 1 aliphatic rings. The van der Waals surface area contributed by atoms with E-state index in [9.17, 15) is 5.11 Å². The van der Waals surface area contributed by atoms with Crippen LogP contribution < -0.4 is 9.64 Å². The van der Waals surface area contributed by atoms with Crippen LogP contribution in [-0.2, 0) is 6.61 Å². The normalized spacial score (nSPS) is 17.8. The molecule has 1 unspecified atom stereocenters. The van der Waals surface area contributed by atoms with Crippen molar-refractivity contribution in [2.75, 3.05) is 18.0 Å². The predicted octanol–water partition coefficient (Wildman–Crippen LogP) is 3.65. The fourth-order valence-electron chi connectivity index (χ4n) is 2.62. The summed E-state index contributed by atoms with van der Waals surface area (Å²) in [5.74, 6) is 0.479. The van der Waals surface area contributed by atoms with Crippen LogP contribution in [-0.4, -0.2) is 29.3 Å². The molecule has 1 saturated heterocycles. The highest BCUT2D eigenvalue weighted by Gasteiger charge is 2.26. The number of benzene rings is 1. The van der Waals surface area contributed by atoms with E-state index in [1.54, 1.807) is 18.3 Å². The van der Waals surface area contributed by atoms with E-state index in [0.29, 0.717) is 10.9 Å². The monoisotopic (exact) mass is 382 g/mol. The van der Waals surface area contributed by atoms with E-state index >= 15 is 0 Å². The van der Waals surface area contributed by atoms with Crippen LogP contribution in [0.4, 0.5) is 5.69 Å². The van der Waals surface area contributed by atoms with Gasteiger partial charge in [-0.15, -0.1) is 0 Å². The third kappa shape index (κ3) is 3.37. The number of nitrogens with zero attached hydrogens (tertiary/aromatic N) is 2. The summed E-state index contributed by atoms with van der Waals surface area (Å²) in [7, 11) is 0. The molecule has 0 aliphatic carbocycles. The van der Waals surface area contributed by atoms with Crippen molar-refractivity contribution in [2.24, 2.45) is 0 Å². The molecular formula is C16H16BrClN2O2. The van der Waals surface area contributed by atoms with Crippen LogP contribution in [0.25, 0.3) is 0 Å². The SMILES string of the molecule is OCc1ccc(Br)cc1N1CCC(Oc2ncccc2Cl)C1. The molecule has 6 heteroatoms. The summed E-state index contributed by atoms with van der Waals surface area (Å²) in [6, 6.07) is 9.46. The summed E-state index contributed by atoms with van der Waals surface area (Å²) in [6.07, 6.45) is 2.61. The smallest absolute Gasteiger partial charge is 0.232 e. The predicted molar refractivity (Wildman–Crippen MR) is 90.6 cm³/mol. The zero-order valence-corrected chi connectivity index (χ0v) is 14.2.